The Morgan fingerprint density at radius 2 is 2.00 bits per heavy atom. The van der Waals surface area contributed by atoms with E-state index in [-0.39, 0.29) is 17.2 Å². The quantitative estimate of drug-likeness (QED) is 0.859. The first-order valence-corrected chi connectivity index (χ1v) is 5.57. The molecule has 18 heavy (non-hydrogen) atoms. The SMILES string of the molecule is CCC(N)C(Oc1ccc(F)cc1Cl)C(F)(F)F. The third-order valence-electron chi connectivity index (χ3n) is 2.33. The van der Waals surface area contributed by atoms with E-state index in [0.29, 0.717) is 0 Å². The molecule has 102 valence electrons. The molecular weight excluding hydrogens is 274 g/mol. The summed E-state index contributed by atoms with van der Waals surface area (Å²) in [6.07, 6.45) is -6.71. The van der Waals surface area contributed by atoms with Gasteiger partial charge in [0.2, 0.25) is 6.10 Å². The first kappa shape index (κ1) is 15.0. The molecule has 0 aliphatic carbocycles. The van der Waals surface area contributed by atoms with Gasteiger partial charge in [0.25, 0.3) is 0 Å². The first-order valence-electron chi connectivity index (χ1n) is 5.19. The second-order valence-corrected chi connectivity index (χ2v) is 4.13. The molecule has 7 heteroatoms. The minimum Gasteiger partial charge on any atom is -0.478 e. The van der Waals surface area contributed by atoms with Crippen molar-refractivity contribution in [1.82, 2.24) is 0 Å². The summed E-state index contributed by atoms with van der Waals surface area (Å²) in [5.41, 5.74) is 5.37. The second kappa shape index (κ2) is 5.75. The highest BCUT2D eigenvalue weighted by molar-refractivity contribution is 6.32. The molecule has 0 saturated heterocycles. The van der Waals surface area contributed by atoms with Gasteiger partial charge in [0.15, 0.2) is 0 Å². The van der Waals surface area contributed by atoms with Gasteiger partial charge in [0.05, 0.1) is 11.1 Å². The molecule has 0 aromatic heterocycles. The summed E-state index contributed by atoms with van der Waals surface area (Å²) in [6, 6.07) is 1.67. The number of alkyl halides is 3. The van der Waals surface area contributed by atoms with Crippen LogP contribution in [0.3, 0.4) is 0 Å². The molecule has 0 radical (unpaired) electrons. The Balaban J connectivity index is 2.96. The molecule has 2 atom stereocenters. The van der Waals surface area contributed by atoms with Gasteiger partial charge in [0, 0.05) is 0 Å². The third kappa shape index (κ3) is 3.74. The molecule has 0 aliphatic rings. The Morgan fingerprint density at radius 3 is 2.44 bits per heavy atom. The summed E-state index contributed by atoms with van der Waals surface area (Å²) in [5, 5.41) is -0.229. The normalized spacial score (nSPS) is 15.3. The fourth-order valence-corrected chi connectivity index (χ4v) is 1.53. The Labute approximate surface area is 107 Å². The van der Waals surface area contributed by atoms with Crippen LogP contribution in [0.25, 0.3) is 0 Å². The summed E-state index contributed by atoms with van der Waals surface area (Å²) in [7, 11) is 0. The molecule has 2 unspecified atom stereocenters. The van der Waals surface area contributed by atoms with E-state index in [0.717, 1.165) is 18.2 Å². The summed E-state index contributed by atoms with van der Waals surface area (Å²) in [5.74, 6) is -0.903. The van der Waals surface area contributed by atoms with Crippen molar-refractivity contribution in [3.05, 3.63) is 29.0 Å². The molecule has 0 amide bonds. The molecule has 1 rings (SSSR count). The van der Waals surface area contributed by atoms with Crippen LogP contribution < -0.4 is 10.5 Å². The van der Waals surface area contributed by atoms with Gasteiger partial charge in [-0.05, 0) is 24.6 Å². The lowest BCUT2D eigenvalue weighted by Crippen LogP contribution is -2.48. The van der Waals surface area contributed by atoms with E-state index in [1.165, 1.54) is 6.92 Å². The molecule has 2 N–H and O–H groups in total. The van der Waals surface area contributed by atoms with E-state index in [9.17, 15) is 17.6 Å². The minimum absolute atomic E-state index is 0.0863. The number of ether oxygens (including phenoxy) is 1. The van der Waals surface area contributed by atoms with Crippen LogP contribution in [0, 0.1) is 5.82 Å². The average molecular weight is 286 g/mol. The van der Waals surface area contributed by atoms with Crippen molar-refractivity contribution < 1.29 is 22.3 Å². The van der Waals surface area contributed by atoms with Gasteiger partial charge in [-0.3, -0.25) is 0 Å². The van der Waals surface area contributed by atoms with Crippen LogP contribution in [0.4, 0.5) is 17.6 Å². The third-order valence-corrected chi connectivity index (χ3v) is 2.63. The van der Waals surface area contributed by atoms with Crippen molar-refractivity contribution in [2.75, 3.05) is 0 Å². The molecule has 2 nitrogen and oxygen atoms in total. The van der Waals surface area contributed by atoms with Gasteiger partial charge in [-0.1, -0.05) is 18.5 Å². The Bertz CT molecular complexity index is 411. The largest absolute Gasteiger partial charge is 0.478 e. The first-order chi connectivity index (χ1) is 8.25. The summed E-state index contributed by atoms with van der Waals surface area (Å²) in [6.45, 7) is 1.51. The smallest absolute Gasteiger partial charge is 0.426 e. The maximum Gasteiger partial charge on any atom is 0.426 e. The highest BCUT2D eigenvalue weighted by Gasteiger charge is 2.45. The maximum atomic E-state index is 12.8. The molecule has 0 spiro atoms. The molecule has 0 saturated carbocycles. The van der Waals surface area contributed by atoms with Crippen molar-refractivity contribution in [1.29, 1.82) is 0 Å². The highest BCUT2D eigenvalue weighted by Crippen LogP contribution is 2.32. The van der Waals surface area contributed by atoms with E-state index < -0.39 is 24.1 Å². The van der Waals surface area contributed by atoms with Gasteiger partial charge in [0.1, 0.15) is 11.6 Å². The number of benzene rings is 1. The molecule has 1 aromatic rings. The predicted molar refractivity (Wildman–Crippen MR) is 60.1 cm³/mol. The maximum absolute atomic E-state index is 12.8. The standard InChI is InChI=1S/C11H12ClF4NO/c1-2-8(17)10(11(14,15)16)18-9-4-3-6(13)5-7(9)12/h3-5,8,10H,2,17H2,1H3. The fraction of sp³-hybridized carbons (Fsp3) is 0.455. The van der Waals surface area contributed by atoms with Crippen LogP contribution in [0.5, 0.6) is 5.75 Å². The van der Waals surface area contributed by atoms with E-state index in [1.807, 2.05) is 0 Å². The zero-order valence-corrected chi connectivity index (χ0v) is 10.2. The van der Waals surface area contributed by atoms with E-state index in [2.05, 4.69) is 0 Å². The van der Waals surface area contributed by atoms with Gasteiger partial charge in [-0.2, -0.15) is 13.2 Å². The lowest BCUT2D eigenvalue weighted by molar-refractivity contribution is -0.200. The lowest BCUT2D eigenvalue weighted by atomic mass is 10.1. The monoisotopic (exact) mass is 285 g/mol. The number of hydrogen-bond acceptors (Lipinski definition) is 2. The lowest BCUT2D eigenvalue weighted by Gasteiger charge is -2.26. The predicted octanol–water partition coefficient (Wildman–Crippen LogP) is 3.53. The van der Waals surface area contributed by atoms with Crippen molar-refractivity contribution in [2.24, 2.45) is 5.73 Å². The van der Waals surface area contributed by atoms with Crippen molar-refractivity contribution >= 4 is 11.6 Å². The zero-order valence-electron chi connectivity index (χ0n) is 9.47. The van der Waals surface area contributed by atoms with E-state index in [1.54, 1.807) is 0 Å². The van der Waals surface area contributed by atoms with Crippen LogP contribution in [0.2, 0.25) is 5.02 Å². The van der Waals surface area contributed by atoms with E-state index in [4.69, 9.17) is 22.1 Å². The van der Waals surface area contributed by atoms with Gasteiger partial charge in [-0.25, -0.2) is 4.39 Å². The number of rotatable bonds is 4. The van der Waals surface area contributed by atoms with Gasteiger partial charge in [-0.15, -0.1) is 0 Å². The number of nitrogens with two attached hydrogens (primary N) is 1. The second-order valence-electron chi connectivity index (χ2n) is 3.73. The Hall–Kier alpha value is -1.01. The highest BCUT2D eigenvalue weighted by atomic mass is 35.5. The molecule has 0 bridgehead atoms. The van der Waals surface area contributed by atoms with Crippen molar-refractivity contribution in [3.63, 3.8) is 0 Å². The average Bonchev–Trinajstić information content (AvgIpc) is 2.25. The molecular formula is C11H12ClF4NO. The summed E-state index contributed by atoms with van der Waals surface area (Å²) in [4.78, 5) is 0. The Kier molecular flexibility index (Phi) is 4.81. The Morgan fingerprint density at radius 1 is 1.39 bits per heavy atom. The van der Waals surface area contributed by atoms with Crippen molar-refractivity contribution in [2.45, 2.75) is 31.7 Å². The molecule has 0 fully saturated rings. The van der Waals surface area contributed by atoms with Crippen LogP contribution in [0.15, 0.2) is 18.2 Å². The summed E-state index contributed by atoms with van der Waals surface area (Å²) >= 11 is 5.60. The van der Waals surface area contributed by atoms with Crippen LogP contribution >= 0.6 is 11.6 Å². The molecule has 0 aliphatic heterocycles. The number of halogens is 5. The zero-order chi connectivity index (χ0) is 13.9. The van der Waals surface area contributed by atoms with Gasteiger partial charge >= 0.3 is 6.18 Å². The van der Waals surface area contributed by atoms with Gasteiger partial charge < -0.3 is 10.5 Å². The number of hydrogen-bond donors (Lipinski definition) is 1. The van der Waals surface area contributed by atoms with E-state index >= 15 is 0 Å². The summed E-state index contributed by atoms with van der Waals surface area (Å²) < 4.78 is 55.7. The minimum atomic E-state index is -4.62. The van der Waals surface area contributed by atoms with Crippen LogP contribution in [-0.2, 0) is 0 Å². The van der Waals surface area contributed by atoms with Crippen LogP contribution in [-0.4, -0.2) is 18.3 Å². The fourth-order valence-electron chi connectivity index (χ4n) is 1.32. The molecule has 1 aromatic carbocycles. The van der Waals surface area contributed by atoms with Crippen molar-refractivity contribution in [3.8, 4) is 5.75 Å². The topological polar surface area (TPSA) is 35.2 Å². The van der Waals surface area contributed by atoms with Crippen LogP contribution in [0.1, 0.15) is 13.3 Å². The molecule has 0 heterocycles.